The molecule has 0 aromatic heterocycles. The second kappa shape index (κ2) is 39.8. The fourth-order valence-corrected chi connectivity index (χ4v) is 12.1. The van der Waals surface area contributed by atoms with Gasteiger partial charge in [0.2, 0.25) is 41.4 Å². The number of aliphatic hydroxyl groups is 1. The van der Waals surface area contributed by atoms with Crippen LogP contribution >= 0.6 is 0 Å². The lowest BCUT2D eigenvalue weighted by Crippen LogP contribution is -2.60. The van der Waals surface area contributed by atoms with Gasteiger partial charge in [0.05, 0.1) is 19.3 Å². The van der Waals surface area contributed by atoms with Crippen molar-refractivity contribution in [1.82, 2.24) is 42.1 Å². The van der Waals surface area contributed by atoms with E-state index in [4.69, 9.17) is 32.4 Å². The number of guanidine groups is 2. The van der Waals surface area contributed by atoms with Crippen LogP contribution in [0.25, 0.3) is 0 Å². The molecule has 10 atom stereocenters. The Labute approximate surface area is 563 Å². The van der Waals surface area contributed by atoms with Gasteiger partial charge in [-0.15, -0.1) is 0 Å². The Balaban J connectivity index is 1.35. The molecule has 2 aliphatic rings. The van der Waals surface area contributed by atoms with Gasteiger partial charge in [0, 0.05) is 38.4 Å². The number of likely N-dealkylation sites (tertiary alicyclic amines) is 1. The van der Waals surface area contributed by atoms with Gasteiger partial charge in [-0.3, -0.25) is 43.5 Å². The van der Waals surface area contributed by atoms with Crippen molar-refractivity contribution in [2.45, 2.75) is 199 Å². The first-order valence-corrected chi connectivity index (χ1v) is 33.5. The quantitative estimate of drug-likeness (QED) is 0.0171. The number of hydrogen-bond donors (Lipinski definition) is 13. The lowest BCUT2D eigenvalue weighted by Gasteiger charge is -2.34. The molecule has 3 aromatic rings. The molecule has 17 N–H and O–H groups in total. The molecule has 0 unspecified atom stereocenters. The van der Waals surface area contributed by atoms with E-state index in [1.54, 1.807) is 94.4 Å². The molecule has 0 spiro atoms. The first-order valence-electron chi connectivity index (χ1n) is 33.5. The Morgan fingerprint density at radius 1 is 0.562 bits per heavy atom. The van der Waals surface area contributed by atoms with Crippen molar-refractivity contribution in [3.05, 3.63) is 102 Å². The van der Waals surface area contributed by atoms with Crippen molar-refractivity contribution in [2.24, 2.45) is 62.5 Å². The third-order valence-corrected chi connectivity index (χ3v) is 17.5. The molecule has 1 aliphatic heterocycles. The van der Waals surface area contributed by atoms with E-state index in [0.717, 1.165) is 32.1 Å². The number of nitrogens with two attached hydrogens (primary N) is 4. The SMILES string of the molecule is COC(=O)[C@H](Cc1ccc(O)cc1)NC(=O)[C@@H](NC(=O)[C@@H](C[C@H](O)[C@H](CC1CCCCC1)NC(=O)[C@@H](NC(=O)[C@H](Cc1ccccc1)NC(=O)[C@@H]1CCCN1C(=O)[C@H](CCCN=C(N)N)NC(=O)[C@H](CCCN=C(N)N)NC(=O)OCc1ccccc1)C(C)C)C(C)C)C(C)C. The predicted molar refractivity (Wildman–Crippen MR) is 363 cm³/mol. The average molecular weight is 1340 g/mol. The van der Waals surface area contributed by atoms with E-state index >= 15 is 0 Å². The molecule has 1 saturated heterocycles. The molecule has 1 saturated carbocycles. The number of hydrogen-bond acceptors (Lipinski definition) is 15. The number of amides is 8. The van der Waals surface area contributed by atoms with E-state index in [-0.39, 0.29) is 107 Å². The average Bonchev–Trinajstić information content (AvgIpc) is 1.61. The predicted octanol–water partition coefficient (Wildman–Crippen LogP) is 2.96. The van der Waals surface area contributed by atoms with E-state index in [1.807, 2.05) is 19.9 Å². The van der Waals surface area contributed by atoms with Crippen LogP contribution in [-0.4, -0.2) is 162 Å². The van der Waals surface area contributed by atoms with Crippen molar-refractivity contribution in [2.75, 3.05) is 26.7 Å². The molecular weight excluding hydrogens is 1230 g/mol. The van der Waals surface area contributed by atoms with Gasteiger partial charge < -0.3 is 84.7 Å². The van der Waals surface area contributed by atoms with E-state index in [9.17, 15) is 53.4 Å². The molecule has 96 heavy (non-hydrogen) atoms. The third kappa shape index (κ3) is 26.0. The standard InChI is InChI=1S/C69H104N14O13/c1-41(2)49(59(86)81-57(42(3)4)64(91)79-54(66(93)95-7)38-46-29-31-48(84)32-30-46)39-56(85)52(36-44-20-11-8-12-21-44)77-63(90)58(43(5)6)82-61(88)53(37-45-22-13-9-14-23-45)78-62(89)55-28-19-35-83(55)65(92)51(27-18-34-75-68(72)73)76-60(87)50(26-17-33-74-67(70)71)80-69(94)96-40-47-24-15-10-16-25-47/h9-10,13-16,22-25,29-32,41-44,49-58,84-85H,8,11-12,17-21,26-28,33-40H2,1-7H3,(H,76,87)(H,77,90)(H,78,89)(H,79,91)(H,80,94)(H,81,86)(H,82,88)(H4,70,71,74)(H4,72,73,75)/t49-,50-,51-,52-,53-,54-,55-,56-,57-,58-/m0/s1. The molecule has 1 aliphatic carbocycles. The van der Waals surface area contributed by atoms with Crippen LogP contribution in [0, 0.1) is 29.6 Å². The molecular formula is C69H104N14O13. The number of aliphatic imine (C=N–C) groups is 2. The highest BCUT2D eigenvalue weighted by Gasteiger charge is 2.42. The van der Waals surface area contributed by atoms with Crippen LogP contribution in [-0.2, 0) is 67.3 Å². The number of rotatable bonds is 37. The summed E-state index contributed by atoms with van der Waals surface area (Å²) in [6.07, 6.45) is 3.91. The highest BCUT2D eigenvalue weighted by molar-refractivity contribution is 5.97. The zero-order chi connectivity index (χ0) is 70.4. The van der Waals surface area contributed by atoms with Gasteiger partial charge in [0.15, 0.2) is 11.9 Å². The van der Waals surface area contributed by atoms with Gasteiger partial charge in [-0.1, -0.05) is 146 Å². The van der Waals surface area contributed by atoms with Crippen molar-refractivity contribution in [3.63, 3.8) is 0 Å². The summed E-state index contributed by atoms with van der Waals surface area (Å²) in [6.45, 7) is 10.9. The van der Waals surface area contributed by atoms with Crippen LogP contribution in [0.4, 0.5) is 4.79 Å². The number of nitrogens with zero attached hydrogens (tertiary/aromatic N) is 3. The minimum absolute atomic E-state index is 0.0144. The second-order valence-electron chi connectivity index (χ2n) is 26.1. The van der Waals surface area contributed by atoms with Crippen LogP contribution in [0.5, 0.6) is 5.75 Å². The molecule has 27 nitrogen and oxygen atoms in total. The summed E-state index contributed by atoms with van der Waals surface area (Å²) in [5, 5.41) is 42.1. The summed E-state index contributed by atoms with van der Waals surface area (Å²) < 4.78 is 10.4. The van der Waals surface area contributed by atoms with E-state index < -0.39 is 126 Å². The Morgan fingerprint density at radius 3 is 1.65 bits per heavy atom. The first-order chi connectivity index (χ1) is 45.7. The first kappa shape index (κ1) is 77.7. The van der Waals surface area contributed by atoms with Gasteiger partial charge in [0.1, 0.15) is 54.6 Å². The Kier molecular flexibility index (Phi) is 32.2. The van der Waals surface area contributed by atoms with E-state index in [0.29, 0.717) is 29.5 Å². The number of carbonyl (C=O) groups is 9. The number of esters is 1. The third-order valence-electron chi connectivity index (χ3n) is 17.5. The number of nitrogens with one attached hydrogen (secondary N) is 7. The number of phenolic OH excluding ortho intramolecular Hbond substituents is 1. The second-order valence-corrected chi connectivity index (χ2v) is 26.1. The number of carbonyl (C=O) groups excluding carboxylic acids is 9. The lowest BCUT2D eigenvalue weighted by atomic mass is 9.81. The largest absolute Gasteiger partial charge is 0.508 e. The van der Waals surface area contributed by atoms with Gasteiger partial charge in [-0.2, -0.15) is 0 Å². The topological polar surface area (TPSA) is 429 Å². The molecule has 0 bridgehead atoms. The van der Waals surface area contributed by atoms with Crippen LogP contribution in [0.15, 0.2) is 94.9 Å². The van der Waals surface area contributed by atoms with Crippen molar-refractivity contribution in [3.8, 4) is 5.75 Å². The maximum Gasteiger partial charge on any atom is 0.408 e. The maximum absolute atomic E-state index is 14.9. The molecule has 5 rings (SSSR count). The monoisotopic (exact) mass is 1340 g/mol. The fourth-order valence-electron chi connectivity index (χ4n) is 12.1. The number of ether oxygens (including phenoxy) is 2. The summed E-state index contributed by atoms with van der Waals surface area (Å²) in [4.78, 5) is 138. The van der Waals surface area contributed by atoms with Crippen molar-refractivity contribution >= 4 is 65.3 Å². The lowest BCUT2D eigenvalue weighted by molar-refractivity contribution is -0.145. The number of benzene rings is 3. The van der Waals surface area contributed by atoms with Gasteiger partial charge in [-0.25, -0.2) is 9.59 Å². The van der Waals surface area contributed by atoms with Crippen LogP contribution in [0.1, 0.15) is 142 Å². The summed E-state index contributed by atoms with van der Waals surface area (Å²) in [5.74, 6) is -7.55. The molecule has 2 fully saturated rings. The van der Waals surface area contributed by atoms with E-state index in [1.165, 1.54) is 24.1 Å². The van der Waals surface area contributed by atoms with Gasteiger partial charge >= 0.3 is 12.1 Å². The molecule has 1 heterocycles. The molecule has 8 amide bonds. The zero-order valence-corrected chi connectivity index (χ0v) is 56.6. The summed E-state index contributed by atoms with van der Waals surface area (Å²) in [5.41, 5.74) is 24.3. The highest BCUT2D eigenvalue weighted by Crippen LogP contribution is 2.31. The molecule has 27 heteroatoms. The smallest absolute Gasteiger partial charge is 0.408 e. The highest BCUT2D eigenvalue weighted by atomic mass is 16.5. The Morgan fingerprint density at radius 2 is 1.08 bits per heavy atom. The fraction of sp³-hybridized carbons (Fsp3) is 0.580. The van der Waals surface area contributed by atoms with Crippen molar-refractivity contribution in [1.29, 1.82) is 0 Å². The Hall–Kier alpha value is -9.01. The van der Waals surface area contributed by atoms with Crippen LogP contribution in [0.3, 0.4) is 0 Å². The number of methoxy groups -OCH3 is 1. The summed E-state index contributed by atoms with van der Waals surface area (Å²) in [7, 11) is 1.20. The summed E-state index contributed by atoms with van der Waals surface area (Å²) in [6, 6.07) is 14.8. The normalized spacial score (nSPS) is 16.8. The summed E-state index contributed by atoms with van der Waals surface area (Å²) >= 11 is 0. The molecule has 528 valence electrons. The Bertz CT molecular complexity index is 3050. The molecule has 0 radical (unpaired) electrons. The number of aliphatic hydroxyl groups excluding tert-OH is 1. The number of alkyl carbamates (subject to hydrolysis) is 1. The minimum atomic E-state index is -1.29. The number of aromatic hydroxyl groups is 1. The molecule has 3 aromatic carbocycles. The number of phenols is 1. The maximum atomic E-state index is 14.9. The van der Waals surface area contributed by atoms with Crippen LogP contribution < -0.4 is 60.2 Å². The van der Waals surface area contributed by atoms with Crippen molar-refractivity contribution < 1.29 is 62.8 Å². The van der Waals surface area contributed by atoms with Crippen LogP contribution in [0.2, 0.25) is 0 Å². The van der Waals surface area contributed by atoms with E-state index in [2.05, 4.69) is 47.2 Å². The zero-order valence-electron chi connectivity index (χ0n) is 56.6. The van der Waals surface area contributed by atoms with Gasteiger partial charge in [0.25, 0.3) is 0 Å². The van der Waals surface area contributed by atoms with Gasteiger partial charge in [-0.05, 0) is 104 Å². The minimum Gasteiger partial charge on any atom is -0.508 e.